The van der Waals surface area contributed by atoms with E-state index in [4.69, 9.17) is 4.42 Å². The second kappa shape index (κ2) is 8.85. The predicted molar refractivity (Wildman–Crippen MR) is 127 cm³/mol. The molecule has 0 saturated carbocycles. The molecule has 4 aromatic rings. The lowest BCUT2D eigenvalue weighted by molar-refractivity contribution is -0.384. The van der Waals surface area contributed by atoms with Crippen molar-refractivity contribution in [2.45, 2.75) is 24.8 Å². The van der Waals surface area contributed by atoms with Gasteiger partial charge in [0.05, 0.1) is 26.8 Å². The number of nitrogens with zero attached hydrogens (tertiary/aromatic N) is 1. The number of nitro benzene ring substituents is 1. The summed E-state index contributed by atoms with van der Waals surface area (Å²) in [5.74, 6) is -0.964. The Kier molecular flexibility index (Phi) is 6.05. The fourth-order valence-corrected chi connectivity index (χ4v) is 5.04. The van der Waals surface area contributed by atoms with Gasteiger partial charge in [0.1, 0.15) is 11.5 Å². The molecule has 180 valence electrons. The van der Waals surface area contributed by atoms with Crippen LogP contribution in [0.2, 0.25) is 0 Å². The summed E-state index contributed by atoms with van der Waals surface area (Å²) >= 11 is 0. The van der Waals surface area contributed by atoms with Crippen molar-refractivity contribution in [3.05, 3.63) is 103 Å². The molecule has 0 spiro atoms. The van der Waals surface area contributed by atoms with E-state index in [0.29, 0.717) is 5.56 Å². The number of non-ortho nitro benzene ring substituents is 1. The molecule has 0 fully saturated rings. The van der Waals surface area contributed by atoms with E-state index in [9.17, 15) is 33.5 Å². The molecule has 0 bridgehead atoms. The summed E-state index contributed by atoms with van der Waals surface area (Å²) in [5, 5.41) is 32.7. The first-order valence-corrected chi connectivity index (χ1v) is 11.8. The highest BCUT2D eigenvalue weighted by atomic mass is 32.2. The fourth-order valence-electron chi connectivity index (χ4n) is 3.84. The zero-order chi connectivity index (χ0) is 25.5. The van der Waals surface area contributed by atoms with Gasteiger partial charge in [-0.1, -0.05) is 29.8 Å². The standard InChI is InChI=1S/C24H20N2O8S/c1-13-6-8-17(9-7-13)35(32,33)25-23(15-4-3-5-16(11-15)26(30)31)22-19(28)12-18(27)21-14(2)10-20(29)34-24(21)22/h3-12,23,25,27-28H,1-2H3. The number of hydrogen-bond acceptors (Lipinski definition) is 8. The van der Waals surface area contributed by atoms with Crippen molar-refractivity contribution in [2.75, 3.05) is 0 Å². The summed E-state index contributed by atoms with van der Waals surface area (Å²) in [6, 6.07) is 11.9. The van der Waals surface area contributed by atoms with Crippen LogP contribution in [0.4, 0.5) is 5.69 Å². The summed E-state index contributed by atoms with van der Waals surface area (Å²) < 4.78 is 34.4. The number of benzene rings is 3. The van der Waals surface area contributed by atoms with Crippen LogP contribution >= 0.6 is 0 Å². The number of sulfonamides is 1. The number of nitro groups is 1. The van der Waals surface area contributed by atoms with Gasteiger partial charge in [-0.3, -0.25) is 10.1 Å². The minimum Gasteiger partial charge on any atom is -0.507 e. The Balaban J connectivity index is 2.02. The Bertz CT molecular complexity index is 1630. The molecule has 0 saturated heterocycles. The Morgan fingerprint density at radius 1 is 1.00 bits per heavy atom. The first-order chi connectivity index (χ1) is 16.5. The van der Waals surface area contributed by atoms with Gasteiger partial charge in [0.2, 0.25) is 10.0 Å². The van der Waals surface area contributed by atoms with E-state index in [0.717, 1.165) is 23.8 Å². The summed E-state index contributed by atoms with van der Waals surface area (Å²) in [7, 11) is -4.23. The topological polar surface area (TPSA) is 160 Å². The van der Waals surface area contributed by atoms with E-state index in [2.05, 4.69) is 4.72 Å². The second-order valence-corrected chi connectivity index (χ2v) is 9.71. The largest absolute Gasteiger partial charge is 0.507 e. The molecule has 4 rings (SSSR count). The normalized spacial score (nSPS) is 12.5. The first kappa shape index (κ1) is 23.9. The van der Waals surface area contributed by atoms with Crippen LogP contribution in [0.5, 0.6) is 11.5 Å². The van der Waals surface area contributed by atoms with Gasteiger partial charge in [-0.25, -0.2) is 13.2 Å². The molecule has 0 aliphatic heterocycles. The van der Waals surface area contributed by atoms with Crippen LogP contribution < -0.4 is 10.3 Å². The number of hydrogen-bond donors (Lipinski definition) is 3. The maximum atomic E-state index is 13.3. The van der Waals surface area contributed by atoms with Crippen LogP contribution in [-0.2, 0) is 10.0 Å². The van der Waals surface area contributed by atoms with Crippen LogP contribution in [-0.4, -0.2) is 23.6 Å². The molecule has 1 atom stereocenters. The number of phenols is 2. The van der Waals surface area contributed by atoms with E-state index in [1.165, 1.54) is 30.3 Å². The molecule has 35 heavy (non-hydrogen) atoms. The van der Waals surface area contributed by atoms with Crippen molar-refractivity contribution in [3.63, 3.8) is 0 Å². The van der Waals surface area contributed by atoms with Gasteiger partial charge in [0, 0.05) is 24.3 Å². The van der Waals surface area contributed by atoms with Gasteiger partial charge >= 0.3 is 5.63 Å². The zero-order valence-electron chi connectivity index (χ0n) is 18.6. The van der Waals surface area contributed by atoms with Gasteiger partial charge < -0.3 is 14.6 Å². The average Bonchev–Trinajstić information content (AvgIpc) is 2.78. The lowest BCUT2D eigenvalue weighted by Crippen LogP contribution is -2.30. The average molecular weight is 496 g/mol. The molecule has 10 nitrogen and oxygen atoms in total. The highest BCUT2D eigenvalue weighted by molar-refractivity contribution is 7.89. The van der Waals surface area contributed by atoms with Crippen molar-refractivity contribution in [3.8, 4) is 11.5 Å². The van der Waals surface area contributed by atoms with Gasteiger partial charge in [0.25, 0.3) is 5.69 Å². The van der Waals surface area contributed by atoms with E-state index >= 15 is 0 Å². The van der Waals surface area contributed by atoms with E-state index in [1.807, 2.05) is 0 Å². The number of rotatable bonds is 6. The Hall–Kier alpha value is -4.22. The van der Waals surface area contributed by atoms with Crippen LogP contribution in [0.15, 0.2) is 74.8 Å². The van der Waals surface area contributed by atoms with Gasteiger partial charge in [0.15, 0.2) is 5.58 Å². The maximum Gasteiger partial charge on any atom is 0.336 e. The zero-order valence-corrected chi connectivity index (χ0v) is 19.4. The SMILES string of the molecule is Cc1ccc(S(=O)(=O)NC(c2cccc([N+](=O)[O-])c2)c2c(O)cc(O)c3c(C)cc(=O)oc23)cc1. The Morgan fingerprint density at radius 3 is 2.34 bits per heavy atom. The monoisotopic (exact) mass is 496 g/mol. The lowest BCUT2D eigenvalue weighted by atomic mass is 9.95. The van der Waals surface area contributed by atoms with Crippen molar-refractivity contribution in [1.29, 1.82) is 0 Å². The molecule has 0 amide bonds. The number of fused-ring (bicyclic) bond motifs is 1. The first-order valence-electron chi connectivity index (χ1n) is 10.3. The van der Waals surface area contributed by atoms with Gasteiger partial charge in [-0.15, -0.1) is 0 Å². The number of phenolic OH excluding ortho intramolecular Hbond substituents is 2. The van der Waals surface area contributed by atoms with Crippen molar-refractivity contribution < 1.29 is 28.0 Å². The third-order valence-corrected chi connectivity index (χ3v) is 6.95. The molecule has 0 radical (unpaired) electrons. The van der Waals surface area contributed by atoms with Crippen LogP contribution in [0, 0.1) is 24.0 Å². The van der Waals surface area contributed by atoms with E-state index < -0.39 is 32.4 Å². The molecular formula is C24H20N2O8S. The highest BCUT2D eigenvalue weighted by Gasteiger charge is 2.30. The second-order valence-electron chi connectivity index (χ2n) is 8.00. The molecule has 3 N–H and O–H groups in total. The third-order valence-electron chi connectivity index (χ3n) is 5.52. The highest BCUT2D eigenvalue weighted by Crippen LogP contribution is 2.42. The smallest absolute Gasteiger partial charge is 0.336 e. The van der Waals surface area contributed by atoms with Crippen molar-refractivity contribution >= 4 is 26.7 Å². The maximum absolute atomic E-state index is 13.3. The predicted octanol–water partition coefficient (Wildman–Crippen LogP) is 3.80. The molecule has 1 heterocycles. The lowest BCUT2D eigenvalue weighted by Gasteiger charge is -2.22. The van der Waals surface area contributed by atoms with Crippen LogP contribution in [0.1, 0.15) is 28.3 Å². The minimum absolute atomic E-state index is 0.0845. The van der Waals surface area contributed by atoms with Gasteiger partial charge in [-0.2, -0.15) is 4.72 Å². The minimum atomic E-state index is -4.23. The van der Waals surface area contributed by atoms with Crippen molar-refractivity contribution in [1.82, 2.24) is 4.72 Å². The molecule has 1 unspecified atom stereocenters. The van der Waals surface area contributed by atoms with E-state index in [1.54, 1.807) is 26.0 Å². The summed E-state index contributed by atoms with van der Waals surface area (Å²) in [6.45, 7) is 3.33. The molecule has 0 aliphatic carbocycles. The van der Waals surface area contributed by atoms with Crippen molar-refractivity contribution in [2.24, 2.45) is 0 Å². The Morgan fingerprint density at radius 2 is 1.69 bits per heavy atom. The Labute approximate surface area is 199 Å². The fraction of sp³-hybridized carbons (Fsp3) is 0.125. The number of nitrogens with one attached hydrogen (secondary N) is 1. The number of aromatic hydroxyl groups is 2. The third kappa shape index (κ3) is 4.59. The molecule has 0 aliphatic rings. The molecular weight excluding hydrogens is 476 g/mol. The quantitative estimate of drug-likeness (QED) is 0.206. The van der Waals surface area contributed by atoms with Crippen LogP contribution in [0.25, 0.3) is 11.0 Å². The molecule has 1 aromatic heterocycles. The van der Waals surface area contributed by atoms with Gasteiger partial charge in [-0.05, 0) is 37.1 Å². The summed E-state index contributed by atoms with van der Waals surface area (Å²) in [4.78, 5) is 22.8. The van der Waals surface area contributed by atoms with E-state index in [-0.39, 0.29) is 38.4 Å². The number of aryl methyl sites for hydroxylation is 2. The summed E-state index contributed by atoms with van der Waals surface area (Å²) in [5.41, 5.74) is -0.290. The summed E-state index contributed by atoms with van der Waals surface area (Å²) in [6.07, 6.45) is 0. The molecule has 3 aromatic carbocycles. The molecule has 11 heteroatoms. The van der Waals surface area contributed by atoms with Crippen LogP contribution in [0.3, 0.4) is 0 Å².